The van der Waals surface area contributed by atoms with Gasteiger partial charge in [-0.15, -0.1) is 0 Å². The number of aryl methyl sites for hydroxylation is 1. The van der Waals surface area contributed by atoms with Gasteiger partial charge in [-0.05, 0) is 55.6 Å². The van der Waals surface area contributed by atoms with Crippen molar-refractivity contribution in [3.05, 3.63) is 16.4 Å². The second-order valence-electron chi connectivity index (χ2n) is 6.11. The first-order valence-corrected chi connectivity index (χ1v) is 8.89. The summed E-state index contributed by atoms with van der Waals surface area (Å²) in [4.78, 5) is 0. The topological polar surface area (TPSA) is 39.1 Å². The van der Waals surface area contributed by atoms with Crippen molar-refractivity contribution in [1.29, 1.82) is 0 Å². The standard InChI is InChI=1S/C16H28BrN3O/c1-5-20-14(13(17)11-19-20)15(18-4)16(21-6-2)9-7-8-12(3)10-16/h11-12,15,18H,5-10H2,1-4H3. The van der Waals surface area contributed by atoms with Crippen LogP contribution < -0.4 is 5.32 Å². The fourth-order valence-corrected chi connectivity index (χ4v) is 4.39. The number of halogens is 1. The third-order valence-electron chi connectivity index (χ3n) is 4.64. The van der Waals surface area contributed by atoms with Gasteiger partial charge in [-0.3, -0.25) is 4.68 Å². The minimum atomic E-state index is -0.128. The van der Waals surface area contributed by atoms with Crippen LogP contribution in [0.4, 0.5) is 0 Å². The van der Waals surface area contributed by atoms with Crippen LogP contribution in [-0.2, 0) is 11.3 Å². The summed E-state index contributed by atoms with van der Waals surface area (Å²) in [6.07, 6.45) is 6.65. The first-order valence-electron chi connectivity index (χ1n) is 8.10. The van der Waals surface area contributed by atoms with E-state index in [2.05, 4.69) is 51.8 Å². The Kier molecular flexibility index (Phi) is 5.86. The van der Waals surface area contributed by atoms with E-state index >= 15 is 0 Å². The fraction of sp³-hybridized carbons (Fsp3) is 0.812. The molecule has 3 atom stereocenters. The molecule has 0 radical (unpaired) electrons. The van der Waals surface area contributed by atoms with Crippen molar-refractivity contribution >= 4 is 15.9 Å². The van der Waals surface area contributed by atoms with Crippen molar-refractivity contribution in [2.24, 2.45) is 5.92 Å². The Morgan fingerprint density at radius 3 is 2.90 bits per heavy atom. The number of aromatic nitrogens is 2. The highest BCUT2D eigenvalue weighted by atomic mass is 79.9. The highest BCUT2D eigenvalue weighted by molar-refractivity contribution is 9.10. The Balaban J connectivity index is 2.42. The van der Waals surface area contributed by atoms with Gasteiger partial charge in [-0.1, -0.05) is 19.8 Å². The third kappa shape index (κ3) is 3.35. The molecule has 1 fully saturated rings. The molecule has 1 heterocycles. The summed E-state index contributed by atoms with van der Waals surface area (Å²) in [6.45, 7) is 8.19. The van der Waals surface area contributed by atoms with E-state index in [9.17, 15) is 0 Å². The molecule has 5 heteroatoms. The average molecular weight is 358 g/mol. The number of rotatable bonds is 6. The normalized spacial score (nSPS) is 27.8. The lowest BCUT2D eigenvalue weighted by Crippen LogP contribution is -2.49. The number of ether oxygens (including phenoxy) is 1. The Morgan fingerprint density at radius 2 is 2.33 bits per heavy atom. The summed E-state index contributed by atoms with van der Waals surface area (Å²) in [7, 11) is 2.03. The van der Waals surface area contributed by atoms with Gasteiger partial charge >= 0.3 is 0 Å². The number of hydrogen-bond acceptors (Lipinski definition) is 3. The molecule has 0 aromatic carbocycles. The summed E-state index contributed by atoms with van der Waals surface area (Å²) in [5.41, 5.74) is 1.08. The molecule has 1 aliphatic carbocycles. The van der Waals surface area contributed by atoms with E-state index in [1.165, 1.54) is 18.5 Å². The molecule has 2 rings (SSSR count). The van der Waals surface area contributed by atoms with E-state index in [4.69, 9.17) is 4.74 Å². The first-order chi connectivity index (χ1) is 10.1. The lowest BCUT2D eigenvalue weighted by Gasteiger charge is -2.45. The molecule has 1 N–H and O–H groups in total. The van der Waals surface area contributed by atoms with Crippen LogP contribution >= 0.6 is 15.9 Å². The Bertz CT molecular complexity index is 458. The molecule has 4 nitrogen and oxygen atoms in total. The van der Waals surface area contributed by atoms with E-state index < -0.39 is 0 Å². The Labute approximate surface area is 136 Å². The predicted octanol–water partition coefficient (Wildman–Crippen LogP) is 3.91. The average Bonchev–Trinajstić information content (AvgIpc) is 2.81. The molecule has 0 saturated heterocycles. The van der Waals surface area contributed by atoms with Gasteiger partial charge in [-0.2, -0.15) is 5.10 Å². The summed E-state index contributed by atoms with van der Waals surface area (Å²) >= 11 is 3.68. The second kappa shape index (κ2) is 7.25. The molecular weight excluding hydrogens is 330 g/mol. The lowest BCUT2D eigenvalue weighted by atomic mass is 9.73. The summed E-state index contributed by atoms with van der Waals surface area (Å²) in [5, 5.41) is 8.00. The molecule has 0 amide bonds. The Hall–Kier alpha value is -0.390. The summed E-state index contributed by atoms with van der Waals surface area (Å²) in [6, 6.07) is 0.164. The maximum absolute atomic E-state index is 6.35. The number of nitrogens with zero attached hydrogens (tertiary/aromatic N) is 2. The second-order valence-corrected chi connectivity index (χ2v) is 6.97. The van der Waals surface area contributed by atoms with E-state index in [1.807, 2.05) is 13.2 Å². The van der Waals surface area contributed by atoms with Crippen LogP contribution in [0.2, 0.25) is 0 Å². The van der Waals surface area contributed by atoms with Crippen LogP contribution in [0.5, 0.6) is 0 Å². The number of hydrogen-bond donors (Lipinski definition) is 1. The van der Waals surface area contributed by atoms with Crippen molar-refractivity contribution in [2.45, 2.75) is 64.6 Å². The molecule has 0 aliphatic heterocycles. The molecule has 0 bridgehead atoms. The molecule has 1 aromatic heterocycles. The van der Waals surface area contributed by atoms with Crippen LogP contribution in [-0.4, -0.2) is 29.0 Å². The van der Waals surface area contributed by atoms with E-state index in [0.717, 1.165) is 30.5 Å². The molecule has 3 unspecified atom stereocenters. The van der Waals surface area contributed by atoms with E-state index in [0.29, 0.717) is 5.92 Å². The summed E-state index contributed by atoms with van der Waals surface area (Å²) in [5.74, 6) is 0.706. The van der Waals surface area contributed by atoms with E-state index in [-0.39, 0.29) is 11.6 Å². The minimum absolute atomic E-state index is 0.128. The molecule has 0 spiro atoms. The smallest absolute Gasteiger partial charge is 0.0894 e. The maximum Gasteiger partial charge on any atom is 0.0894 e. The summed E-state index contributed by atoms with van der Waals surface area (Å²) < 4.78 is 9.49. The molecule has 1 saturated carbocycles. The van der Waals surface area contributed by atoms with Crippen LogP contribution in [0.15, 0.2) is 10.7 Å². The predicted molar refractivity (Wildman–Crippen MR) is 89.4 cm³/mol. The van der Waals surface area contributed by atoms with Gasteiger partial charge in [0, 0.05) is 13.2 Å². The zero-order chi connectivity index (χ0) is 15.5. The zero-order valence-electron chi connectivity index (χ0n) is 13.7. The van der Waals surface area contributed by atoms with Gasteiger partial charge in [0.25, 0.3) is 0 Å². The molecule has 1 aromatic rings. The van der Waals surface area contributed by atoms with Crippen molar-refractivity contribution in [3.63, 3.8) is 0 Å². The van der Waals surface area contributed by atoms with Gasteiger partial charge in [-0.25, -0.2) is 0 Å². The van der Waals surface area contributed by atoms with E-state index in [1.54, 1.807) is 0 Å². The number of nitrogens with one attached hydrogen (secondary N) is 1. The van der Waals surface area contributed by atoms with Crippen molar-refractivity contribution in [2.75, 3.05) is 13.7 Å². The maximum atomic E-state index is 6.35. The van der Waals surface area contributed by atoms with Gasteiger partial charge in [0.2, 0.25) is 0 Å². The minimum Gasteiger partial charge on any atom is -0.373 e. The molecular formula is C16H28BrN3O. The highest BCUT2D eigenvalue weighted by Gasteiger charge is 2.44. The van der Waals surface area contributed by atoms with Crippen molar-refractivity contribution < 1.29 is 4.74 Å². The molecule has 21 heavy (non-hydrogen) atoms. The third-order valence-corrected chi connectivity index (χ3v) is 5.25. The van der Waals surface area contributed by atoms with Crippen LogP contribution in [0.1, 0.15) is 58.2 Å². The zero-order valence-corrected chi connectivity index (χ0v) is 15.2. The van der Waals surface area contributed by atoms with Crippen molar-refractivity contribution in [3.8, 4) is 0 Å². The van der Waals surface area contributed by atoms with Crippen LogP contribution in [0, 0.1) is 5.92 Å². The molecule has 1 aliphatic rings. The fourth-order valence-electron chi connectivity index (χ4n) is 3.87. The van der Waals surface area contributed by atoms with Crippen LogP contribution in [0.3, 0.4) is 0 Å². The van der Waals surface area contributed by atoms with Crippen molar-refractivity contribution in [1.82, 2.24) is 15.1 Å². The molecule has 120 valence electrons. The lowest BCUT2D eigenvalue weighted by molar-refractivity contribution is -0.102. The van der Waals surface area contributed by atoms with Gasteiger partial charge in [0.15, 0.2) is 0 Å². The first kappa shape index (κ1) is 17.0. The van der Waals surface area contributed by atoms with Gasteiger partial charge in [0.1, 0.15) is 0 Å². The Morgan fingerprint density at radius 1 is 1.57 bits per heavy atom. The monoisotopic (exact) mass is 357 g/mol. The van der Waals surface area contributed by atoms with Gasteiger partial charge in [0.05, 0.1) is 28.0 Å². The van der Waals surface area contributed by atoms with Gasteiger partial charge < -0.3 is 10.1 Å². The number of likely N-dealkylation sites (N-methyl/N-ethyl adjacent to an activating group) is 1. The highest BCUT2D eigenvalue weighted by Crippen LogP contribution is 2.44. The largest absolute Gasteiger partial charge is 0.373 e. The van der Waals surface area contributed by atoms with Crippen LogP contribution in [0.25, 0.3) is 0 Å². The quantitative estimate of drug-likeness (QED) is 0.838. The SMILES string of the molecule is CCOC1(C(NC)c2c(Br)cnn2CC)CCCC(C)C1.